The lowest BCUT2D eigenvalue weighted by molar-refractivity contribution is 0.0599. The fraction of sp³-hybridized carbons (Fsp3) is 0.300. The zero-order chi connectivity index (χ0) is 20.3. The SMILES string of the molecule is COC(=O)c1cccc(NC(=O)c2ccc(N3CCCCS3(=O)=O)cc2)c1C. The molecule has 0 spiro atoms. The fourth-order valence-electron chi connectivity index (χ4n) is 3.15. The van der Waals surface area contributed by atoms with Crippen molar-refractivity contribution in [3.8, 4) is 0 Å². The van der Waals surface area contributed by atoms with Gasteiger partial charge in [0.2, 0.25) is 10.0 Å². The van der Waals surface area contributed by atoms with Crippen LogP contribution in [0.1, 0.15) is 39.1 Å². The number of anilines is 2. The maximum atomic E-state index is 12.6. The van der Waals surface area contributed by atoms with Crippen molar-refractivity contribution in [3.63, 3.8) is 0 Å². The minimum Gasteiger partial charge on any atom is -0.465 e. The Bertz CT molecular complexity index is 1000. The number of carbonyl (C=O) groups excluding carboxylic acids is 2. The van der Waals surface area contributed by atoms with Crippen LogP contribution in [0.3, 0.4) is 0 Å². The summed E-state index contributed by atoms with van der Waals surface area (Å²) in [4.78, 5) is 24.4. The van der Waals surface area contributed by atoms with Crippen LogP contribution in [0.4, 0.5) is 11.4 Å². The molecule has 0 saturated carbocycles. The van der Waals surface area contributed by atoms with Crippen LogP contribution in [-0.2, 0) is 14.8 Å². The summed E-state index contributed by atoms with van der Waals surface area (Å²) in [5.74, 6) is -0.677. The number of esters is 1. The molecule has 3 rings (SSSR count). The standard InChI is InChI=1S/C20H22N2O5S/c1-14-17(20(24)27-2)6-5-7-18(14)21-19(23)15-8-10-16(11-9-15)22-12-3-4-13-28(22,25)26/h5-11H,3-4,12-13H2,1-2H3,(H,21,23). The quantitative estimate of drug-likeness (QED) is 0.794. The first-order valence-electron chi connectivity index (χ1n) is 8.93. The van der Waals surface area contributed by atoms with Crippen LogP contribution < -0.4 is 9.62 Å². The molecule has 0 radical (unpaired) electrons. The molecule has 8 heteroatoms. The second-order valence-electron chi connectivity index (χ2n) is 6.57. The molecule has 1 heterocycles. The van der Waals surface area contributed by atoms with Gasteiger partial charge in [0.15, 0.2) is 0 Å². The Labute approximate surface area is 164 Å². The number of hydrogen-bond acceptors (Lipinski definition) is 5. The number of ether oxygens (including phenoxy) is 1. The zero-order valence-electron chi connectivity index (χ0n) is 15.8. The molecule has 1 fully saturated rings. The summed E-state index contributed by atoms with van der Waals surface area (Å²) in [5.41, 5.74) is 2.45. The van der Waals surface area contributed by atoms with Gasteiger partial charge in [0, 0.05) is 17.8 Å². The molecular formula is C20H22N2O5S. The lowest BCUT2D eigenvalue weighted by atomic mass is 10.1. The summed E-state index contributed by atoms with van der Waals surface area (Å²) in [6, 6.07) is 11.5. The second kappa shape index (κ2) is 8.02. The first-order chi connectivity index (χ1) is 13.3. The molecule has 1 saturated heterocycles. The highest BCUT2D eigenvalue weighted by Crippen LogP contribution is 2.25. The zero-order valence-corrected chi connectivity index (χ0v) is 16.6. The van der Waals surface area contributed by atoms with E-state index in [-0.39, 0.29) is 11.7 Å². The Morgan fingerprint density at radius 3 is 2.43 bits per heavy atom. The van der Waals surface area contributed by atoms with Gasteiger partial charge in [-0.2, -0.15) is 0 Å². The van der Waals surface area contributed by atoms with Crippen molar-refractivity contribution in [2.24, 2.45) is 0 Å². The number of carbonyl (C=O) groups is 2. The van der Waals surface area contributed by atoms with E-state index in [1.54, 1.807) is 49.4 Å². The smallest absolute Gasteiger partial charge is 0.338 e. The van der Waals surface area contributed by atoms with Gasteiger partial charge in [0.25, 0.3) is 5.91 Å². The molecule has 2 aromatic carbocycles. The van der Waals surface area contributed by atoms with E-state index in [9.17, 15) is 18.0 Å². The number of rotatable bonds is 4. The van der Waals surface area contributed by atoms with Crippen molar-refractivity contribution in [2.75, 3.05) is 29.0 Å². The van der Waals surface area contributed by atoms with E-state index in [4.69, 9.17) is 4.74 Å². The molecule has 2 aromatic rings. The average Bonchev–Trinajstić information content (AvgIpc) is 2.69. The Morgan fingerprint density at radius 1 is 1.07 bits per heavy atom. The summed E-state index contributed by atoms with van der Waals surface area (Å²) >= 11 is 0. The molecule has 0 aromatic heterocycles. The number of nitrogens with one attached hydrogen (secondary N) is 1. The molecule has 1 amide bonds. The Hall–Kier alpha value is -2.87. The van der Waals surface area contributed by atoms with Gasteiger partial charge in [0.05, 0.1) is 24.1 Å². The largest absolute Gasteiger partial charge is 0.465 e. The van der Waals surface area contributed by atoms with Crippen LogP contribution in [0.5, 0.6) is 0 Å². The molecular weight excluding hydrogens is 380 g/mol. The molecule has 0 bridgehead atoms. The highest BCUT2D eigenvalue weighted by atomic mass is 32.2. The lowest BCUT2D eigenvalue weighted by Crippen LogP contribution is -2.37. The predicted octanol–water partition coefficient (Wildman–Crippen LogP) is 2.96. The normalized spacial score (nSPS) is 15.7. The third kappa shape index (κ3) is 4.01. The van der Waals surface area contributed by atoms with Gasteiger partial charge in [-0.3, -0.25) is 9.10 Å². The van der Waals surface area contributed by atoms with Crippen LogP contribution in [0.25, 0.3) is 0 Å². The molecule has 0 unspecified atom stereocenters. The van der Waals surface area contributed by atoms with Gasteiger partial charge in [-0.25, -0.2) is 13.2 Å². The Morgan fingerprint density at radius 2 is 1.79 bits per heavy atom. The fourth-order valence-corrected chi connectivity index (χ4v) is 4.79. The van der Waals surface area contributed by atoms with E-state index < -0.39 is 16.0 Å². The van der Waals surface area contributed by atoms with Crippen molar-refractivity contribution >= 4 is 33.3 Å². The van der Waals surface area contributed by atoms with Gasteiger partial charge in [-0.15, -0.1) is 0 Å². The molecule has 7 nitrogen and oxygen atoms in total. The molecule has 0 aliphatic carbocycles. The first-order valence-corrected chi connectivity index (χ1v) is 10.5. The van der Waals surface area contributed by atoms with Crippen molar-refractivity contribution in [1.29, 1.82) is 0 Å². The van der Waals surface area contributed by atoms with Gasteiger partial charge < -0.3 is 10.1 Å². The van der Waals surface area contributed by atoms with Gasteiger partial charge in [-0.05, 0) is 61.7 Å². The van der Waals surface area contributed by atoms with Crippen LogP contribution in [0, 0.1) is 6.92 Å². The summed E-state index contributed by atoms with van der Waals surface area (Å²) in [7, 11) is -1.99. The van der Waals surface area contributed by atoms with Crippen molar-refractivity contribution in [1.82, 2.24) is 0 Å². The minimum atomic E-state index is -3.29. The maximum Gasteiger partial charge on any atom is 0.338 e. The van der Waals surface area contributed by atoms with Crippen LogP contribution in [-0.4, -0.2) is 39.7 Å². The highest BCUT2D eigenvalue weighted by molar-refractivity contribution is 7.92. The number of amides is 1. The van der Waals surface area contributed by atoms with E-state index in [0.717, 1.165) is 6.42 Å². The summed E-state index contributed by atoms with van der Waals surface area (Å²) in [5, 5.41) is 2.78. The number of nitrogens with zero attached hydrogens (tertiary/aromatic N) is 1. The topological polar surface area (TPSA) is 92.8 Å². The number of methoxy groups -OCH3 is 1. The predicted molar refractivity (Wildman–Crippen MR) is 107 cm³/mol. The molecule has 1 aliphatic rings. The molecule has 1 N–H and O–H groups in total. The average molecular weight is 402 g/mol. The van der Waals surface area contributed by atoms with Crippen molar-refractivity contribution < 1.29 is 22.7 Å². The lowest BCUT2D eigenvalue weighted by Gasteiger charge is -2.28. The molecule has 0 atom stereocenters. The number of hydrogen-bond donors (Lipinski definition) is 1. The van der Waals surface area contributed by atoms with Gasteiger partial charge in [-0.1, -0.05) is 6.07 Å². The van der Waals surface area contributed by atoms with Crippen molar-refractivity contribution in [3.05, 3.63) is 59.2 Å². The third-order valence-corrected chi connectivity index (χ3v) is 6.62. The van der Waals surface area contributed by atoms with E-state index in [1.165, 1.54) is 11.4 Å². The third-order valence-electron chi connectivity index (χ3n) is 4.75. The summed E-state index contributed by atoms with van der Waals surface area (Å²) in [6.07, 6.45) is 1.49. The van der Waals surface area contributed by atoms with Crippen LogP contribution >= 0.6 is 0 Å². The van der Waals surface area contributed by atoms with Gasteiger partial charge in [0.1, 0.15) is 0 Å². The van der Waals surface area contributed by atoms with E-state index in [2.05, 4.69) is 5.32 Å². The molecule has 148 valence electrons. The molecule has 1 aliphatic heterocycles. The van der Waals surface area contributed by atoms with Crippen LogP contribution in [0.2, 0.25) is 0 Å². The maximum absolute atomic E-state index is 12.6. The molecule has 28 heavy (non-hydrogen) atoms. The minimum absolute atomic E-state index is 0.144. The Balaban J connectivity index is 1.78. The highest BCUT2D eigenvalue weighted by Gasteiger charge is 2.26. The van der Waals surface area contributed by atoms with E-state index >= 15 is 0 Å². The summed E-state index contributed by atoms with van der Waals surface area (Å²) in [6.45, 7) is 2.18. The summed E-state index contributed by atoms with van der Waals surface area (Å²) < 4.78 is 30.5. The van der Waals surface area contributed by atoms with E-state index in [0.29, 0.717) is 41.0 Å². The number of sulfonamides is 1. The van der Waals surface area contributed by atoms with Crippen LogP contribution in [0.15, 0.2) is 42.5 Å². The number of benzene rings is 2. The van der Waals surface area contributed by atoms with Crippen molar-refractivity contribution in [2.45, 2.75) is 19.8 Å². The monoisotopic (exact) mass is 402 g/mol. The van der Waals surface area contributed by atoms with E-state index in [1.807, 2.05) is 0 Å². The van der Waals surface area contributed by atoms with Gasteiger partial charge >= 0.3 is 5.97 Å². The Kier molecular flexibility index (Phi) is 5.69. The second-order valence-corrected chi connectivity index (χ2v) is 8.58. The first kappa shape index (κ1) is 19.9.